The van der Waals surface area contributed by atoms with Crippen LogP contribution in [0.3, 0.4) is 0 Å². The molecule has 1 fully saturated rings. The Hall–Kier alpha value is -2.29. The van der Waals surface area contributed by atoms with Gasteiger partial charge in [0.15, 0.2) is 0 Å². The molecule has 9 heteroatoms. The number of benzene rings is 2. The van der Waals surface area contributed by atoms with Crippen LogP contribution >= 0.6 is 11.6 Å². The Morgan fingerprint density at radius 3 is 2.63 bits per heavy atom. The molecule has 0 bridgehead atoms. The quantitative estimate of drug-likeness (QED) is 0.663. The summed E-state index contributed by atoms with van der Waals surface area (Å²) in [5, 5.41) is 0.530. The van der Waals surface area contributed by atoms with Crippen molar-refractivity contribution in [3.63, 3.8) is 0 Å². The first-order chi connectivity index (χ1) is 14.2. The molecular weight excluding hydrogens is 428 g/mol. The Labute approximate surface area is 181 Å². The Bertz CT molecular complexity index is 1010. The number of primary amides is 1. The number of piperidine rings is 1. The van der Waals surface area contributed by atoms with Gasteiger partial charge in [0.25, 0.3) is 0 Å². The van der Waals surface area contributed by atoms with Crippen LogP contribution in [-0.2, 0) is 14.8 Å². The average Bonchev–Trinajstić information content (AvgIpc) is 2.72. The topological polar surface area (TPSA) is 98.9 Å². The molecular formula is C21H25ClN2O5S. The van der Waals surface area contributed by atoms with E-state index in [4.69, 9.17) is 26.8 Å². The fourth-order valence-corrected chi connectivity index (χ4v) is 5.56. The largest absolute Gasteiger partial charge is 0.497 e. The van der Waals surface area contributed by atoms with Crippen LogP contribution in [-0.4, -0.2) is 45.4 Å². The van der Waals surface area contributed by atoms with E-state index in [0.29, 0.717) is 35.9 Å². The SMILES string of the molecule is COc1cccc(S(=O)(=O)N2CCC[C@](COc3cccc(Cl)c3)(CC(N)=O)C2)c1. The molecule has 1 saturated heterocycles. The number of amides is 1. The molecule has 0 unspecified atom stereocenters. The summed E-state index contributed by atoms with van der Waals surface area (Å²) >= 11 is 6.01. The van der Waals surface area contributed by atoms with Crippen LogP contribution in [0.1, 0.15) is 19.3 Å². The lowest BCUT2D eigenvalue weighted by Gasteiger charge is -2.41. The van der Waals surface area contributed by atoms with Gasteiger partial charge in [-0.15, -0.1) is 0 Å². The van der Waals surface area contributed by atoms with Crippen LogP contribution < -0.4 is 15.2 Å². The van der Waals surface area contributed by atoms with Gasteiger partial charge < -0.3 is 15.2 Å². The van der Waals surface area contributed by atoms with Gasteiger partial charge in [0.2, 0.25) is 15.9 Å². The van der Waals surface area contributed by atoms with Gasteiger partial charge in [-0.2, -0.15) is 4.31 Å². The molecule has 1 amide bonds. The van der Waals surface area contributed by atoms with Gasteiger partial charge in [0, 0.05) is 36.0 Å². The molecule has 3 rings (SSSR count). The van der Waals surface area contributed by atoms with Crippen molar-refractivity contribution in [2.45, 2.75) is 24.2 Å². The highest BCUT2D eigenvalue weighted by molar-refractivity contribution is 7.89. The monoisotopic (exact) mass is 452 g/mol. The van der Waals surface area contributed by atoms with E-state index in [1.165, 1.54) is 23.5 Å². The number of nitrogens with two attached hydrogens (primary N) is 1. The highest BCUT2D eigenvalue weighted by Crippen LogP contribution is 2.37. The molecule has 1 aliphatic heterocycles. The number of carbonyl (C=O) groups is 1. The lowest BCUT2D eigenvalue weighted by molar-refractivity contribution is -0.121. The van der Waals surface area contributed by atoms with E-state index < -0.39 is 21.3 Å². The second-order valence-electron chi connectivity index (χ2n) is 7.51. The van der Waals surface area contributed by atoms with Crippen molar-refractivity contribution < 1.29 is 22.7 Å². The van der Waals surface area contributed by atoms with E-state index in [-0.39, 0.29) is 24.5 Å². The molecule has 0 spiro atoms. The van der Waals surface area contributed by atoms with E-state index in [2.05, 4.69) is 0 Å². The number of rotatable bonds is 8. The minimum atomic E-state index is -3.77. The minimum Gasteiger partial charge on any atom is -0.497 e. The summed E-state index contributed by atoms with van der Waals surface area (Å²) in [6, 6.07) is 13.3. The number of carbonyl (C=O) groups excluding carboxylic acids is 1. The molecule has 2 N–H and O–H groups in total. The molecule has 7 nitrogen and oxygen atoms in total. The van der Waals surface area contributed by atoms with Crippen molar-refractivity contribution in [1.82, 2.24) is 4.31 Å². The fraction of sp³-hybridized carbons (Fsp3) is 0.381. The Kier molecular flexibility index (Phi) is 6.90. The van der Waals surface area contributed by atoms with Crippen molar-refractivity contribution in [1.29, 1.82) is 0 Å². The second kappa shape index (κ2) is 9.24. The van der Waals surface area contributed by atoms with Gasteiger partial charge in [-0.3, -0.25) is 4.79 Å². The maximum absolute atomic E-state index is 13.2. The predicted molar refractivity (Wildman–Crippen MR) is 114 cm³/mol. The summed E-state index contributed by atoms with van der Waals surface area (Å²) in [5.74, 6) is 0.519. The van der Waals surface area contributed by atoms with Gasteiger partial charge in [-0.25, -0.2) is 8.42 Å². The summed E-state index contributed by atoms with van der Waals surface area (Å²) in [6.45, 7) is 0.647. The maximum atomic E-state index is 13.2. The Balaban J connectivity index is 1.84. The van der Waals surface area contributed by atoms with Crippen LogP contribution in [0.5, 0.6) is 11.5 Å². The zero-order valence-electron chi connectivity index (χ0n) is 16.7. The summed E-state index contributed by atoms with van der Waals surface area (Å²) in [5.41, 5.74) is 4.78. The van der Waals surface area contributed by atoms with E-state index in [0.717, 1.165) is 0 Å². The van der Waals surface area contributed by atoms with E-state index in [9.17, 15) is 13.2 Å². The smallest absolute Gasteiger partial charge is 0.243 e. The maximum Gasteiger partial charge on any atom is 0.243 e. The van der Waals surface area contributed by atoms with Crippen LogP contribution in [0.4, 0.5) is 0 Å². The third-order valence-corrected chi connectivity index (χ3v) is 7.27. The molecule has 2 aromatic carbocycles. The molecule has 0 aliphatic carbocycles. The number of ether oxygens (including phenoxy) is 2. The molecule has 0 saturated carbocycles. The summed E-state index contributed by atoms with van der Waals surface area (Å²) in [4.78, 5) is 12.0. The first-order valence-corrected chi connectivity index (χ1v) is 11.4. The Morgan fingerprint density at radius 1 is 1.20 bits per heavy atom. The van der Waals surface area contributed by atoms with Gasteiger partial charge in [0.1, 0.15) is 11.5 Å². The van der Waals surface area contributed by atoms with Crippen molar-refractivity contribution >= 4 is 27.5 Å². The standard InChI is InChI=1S/C21H25ClN2O5S/c1-28-17-6-3-8-19(12-17)30(26,27)24-10-4-9-21(14-24,13-20(23)25)15-29-18-7-2-5-16(22)11-18/h2-3,5-8,11-12H,4,9-10,13-15H2,1H3,(H2,23,25)/t21-/m0/s1. The normalized spacial score (nSPS) is 19.9. The fourth-order valence-electron chi connectivity index (χ4n) is 3.75. The number of hydrogen-bond acceptors (Lipinski definition) is 5. The lowest BCUT2D eigenvalue weighted by atomic mass is 9.78. The zero-order chi connectivity index (χ0) is 21.8. The average molecular weight is 453 g/mol. The van der Waals surface area contributed by atoms with Gasteiger partial charge in [-0.1, -0.05) is 23.7 Å². The van der Waals surface area contributed by atoms with E-state index >= 15 is 0 Å². The van der Waals surface area contributed by atoms with Crippen molar-refractivity contribution in [2.24, 2.45) is 11.1 Å². The van der Waals surface area contributed by atoms with E-state index in [1.54, 1.807) is 36.4 Å². The highest BCUT2D eigenvalue weighted by Gasteiger charge is 2.42. The second-order valence-corrected chi connectivity index (χ2v) is 9.88. The first kappa shape index (κ1) is 22.4. The molecule has 1 atom stereocenters. The van der Waals surface area contributed by atoms with E-state index in [1.807, 2.05) is 0 Å². The van der Waals surface area contributed by atoms with Crippen LogP contribution in [0, 0.1) is 5.41 Å². The third-order valence-electron chi connectivity index (χ3n) is 5.20. The van der Waals surface area contributed by atoms with Crippen molar-refractivity contribution in [2.75, 3.05) is 26.8 Å². The van der Waals surface area contributed by atoms with Crippen LogP contribution in [0.25, 0.3) is 0 Å². The first-order valence-electron chi connectivity index (χ1n) is 9.55. The summed E-state index contributed by atoms with van der Waals surface area (Å²) < 4.78 is 38.9. The molecule has 2 aromatic rings. The molecule has 1 aliphatic rings. The molecule has 30 heavy (non-hydrogen) atoms. The minimum absolute atomic E-state index is 0.0255. The van der Waals surface area contributed by atoms with Crippen LogP contribution in [0.15, 0.2) is 53.4 Å². The van der Waals surface area contributed by atoms with Crippen LogP contribution in [0.2, 0.25) is 5.02 Å². The van der Waals surface area contributed by atoms with Gasteiger partial charge in [0.05, 0.1) is 18.6 Å². The molecule has 0 aromatic heterocycles. The molecule has 162 valence electrons. The van der Waals surface area contributed by atoms with Gasteiger partial charge in [-0.05, 0) is 43.2 Å². The third kappa shape index (κ3) is 5.24. The highest BCUT2D eigenvalue weighted by atomic mass is 35.5. The summed E-state index contributed by atoms with van der Waals surface area (Å²) in [6.07, 6.45) is 1.24. The summed E-state index contributed by atoms with van der Waals surface area (Å²) in [7, 11) is -2.28. The number of hydrogen-bond donors (Lipinski definition) is 1. The van der Waals surface area contributed by atoms with Crippen molar-refractivity contribution in [3.05, 3.63) is 53.6 Å². The van der Waals surface area contributed by atoms with Crippen molar-refractivity contribution in [3.8, 4) is 11.5 Å². The molecule has 1 heterocycles. The number of nitrogens with zero attached hydrogens (tertiary/aromatic N) is 1. The Morgan fingerprint density at radius 2 is 1.93 bits per heavy atom. The predicted octanol–water partition coefficient (Wildman–Crippen LogP) is 3.07. The van der Waals surface area contributed by atoms with Gasteiger partial charge >= 0.3 is 0 Å². The lowest BCUT2D eigenvalue weighted by Crippen LogP contribution is -2.50. The zero-order valence-corrected chi connectivity index (χ0v) is 18.3. The molecule has 0 radical (unpaired) electrons. The number of methoxy groups -OCH3 is 1. The number of halogens is 1. The number of sulfonamides is 1.